The van der Waals surface area contributed by atoms with Crippen LogP contribution in [0.25, 0.3) is 0 Å². The summed E-state index contributed by atoms with van der Waals surface area (Å²) in [6.07, 6.45) is 8.24. The molecule has 0 aliphatic heterocycles. The molecule has 0 aromatic heterocycles. The molecule has 0 heterocycles. The van der Waals surface area contributed by atoms with Gasteiger partial charge in [0, 0.05) is 0 Å². The minimum atomic E-state index is -0.351. The van der Waals surface area contributed by atoms with E-state index >= 15 is 0 Å². The fourth-order valence-corrected chi connectivity index (χ4v) is 4.26. The Bertz CT molecular complexity index is 439. The standard InChI is InChI=1S/C22H42O2.C5H12.CH2O/c1-9-10-14-22(8,17(6)7)21(23)24-20-18(15(2)3)12-11-13-19(20)16(4)5;1-4-5(2)3;1-2/h15-20H,9-14H2,1-8H3;5H,4H2,1-3H3;1H2. The average molecular weight is 441 g/mol. The highest BCUT2D eigenvalue weighted by atomic mass is 16.5. The van der Waals surface area contributed by atoms with Crippen molar-refractivity contribution in [2.24, 2.45) is 40.9 Å². The van der Waals surface area contributed by atoms with Gasteiger partial charge in [0.25, 0.3) is 0 Å². The summed E-state index contributed by atoms with van der Waals surface area (Å²) in [4.78, 5) is 21.2. The van der Waals surface area contributed by atoms with Gasteiger partial charge in [0.15, 0.2) is 0 Å². The van der Waals surface area contributed by atoms with Gasteiger partial charge in [0.2, 0.25) is 0 Å². The lowest BCUT2D eigenvalue weighted by Gasteiger charge is -2.43. The van der Waals surface area contributed by atoms with Gasteiger partial charge in [-0.1, -0.05) is 94.9 Å². The van der Waals surface area contributed by atoms with Gasteiger partial charge in [-0.05, 0) is 61.7 Å². The minimum absolute atomic E-state index is 0.0501. The quantitative estimate of drug-likeness (QED) is 0.338. The van der Waals surface area contributed by atoms with Crippen LogP contribution < -0.4 is 0 Å². The van der Waals surface area contributed by atoms with Gasteiger partial charge in [0.05, 0.1) is 5.41 Å². The molecule has 0 amide bonds. The van der Waals surface area contributed by atoms with Crippen LogP contribution in [-0.2, 0) is 14.3 Å². The van der Waals surface area contributed by atoms with E-state index in [0.717, 1.165) is 25.2 Å². The Morgan fingerprint density at radius 1 is 0.935 bits per heavy atom. The smallest absolute Gasteiger partial charge is 0.312 e. The van der Waals surface area contributed by atoms with Crippen molar-refractivity contribution in [3.05, 3.63) is 0 Å². The summed E-state index contributed by atoms with van der Waals surface area (Å²) in [6, 6.07) is 0. The molecular weight excluding hydrogens is 384 g/mol. The fourth-order valence-electron chi connectivity index (χ4n) is 4.26. The number of ether oxygens (including phenoxy) is 1. The van der Waals surface area contributed by atoms with E-state index in [9.17, 15) is 4.79 Å². The van der Waals surface area contributed by atoms with Crippen LogP contribution in [0.15, 0.2) is 0 Å². The first-order valence-corrected chi connectivity index (χ1v) is 12.9. The van der Waals surface area contributed by atoms with E-state index in [0.29, 0.717) is 29.6 Å². The molecule has 0 N–H and O–H groups in total. The number of esters is 1. The SMILES string of the molecule is C=O.CCC(C)C.CCCCC(C)(C(=O)OC1C(C(C)C)CCCC1C(C)C)C(C)C. The van der Waals surface area contributed by atoms with Gasteiger partial charge in [-0.25, -0.2) is 0 Å². The summed E-state index contributed by atoms with van der Waals surface area (Å²) in [5.74, 6) is 3.42. The van der Waals surface area contributed by atoms with E-state index in [1.165, 1.54) is 25.7 Å². The highest BCUT2D eigenvalue weighted by Crippen LogP contribution is 2.42. The molecule has 186 valence electrons. The van der Waals surface area contributed by atoms with Crippen molar-refractivity contribution in [3.63, 3.8) is 0 Å². The van der Waals surface area contributed by atoms with E-state index in [1.807, 2.05) is 6.79 Å². The largest absolute Gasteiger partial charge is 0.461 e. The summed E-state index contributed by atoms with van der Waals surface area (Å²) in [5.41, 5.74) is -0.351. The van der Waals surface area contributed by atoms with Crippen molar-refractivity contribution in [2.75, 3.05) is 0 Å². The van der Waals surface area contributed by atoms with Crippen LogP contribution >= 0.6 is 0 Å². The molecule has 1 rings (SSSR count). The Morgan fingerprint density at radius 3 is 1.65 bits per heavy atom. The topological polar surface area (TPSA) is 43.4 Å². The first-order valence-electron chi connectivity index (χ1n) is 12.9. The Morgan fingerprint density at radius 2 is 1.35 bits per heavy atom. The number of carbonyl (C=O) groups is 2. The lowest BCUT2D eigenvalue weighted by atomic mass is 9.69. The summed E-state index contributed by atoms with van der Waals surface area (Å²) in [5, 5.41) is 0. The lowest BCUT2D eigenvalue weighted by Crippen LogP contribution is -2.46. The summed E-state index contributed by atoms with van der Waals surface area (Å²) >= 11 is 0. The van der Waals surface area contributed by atoms with E-state index < -0.39 is 0 Å². The van der Waals surface area contributed by atoms with Gasteiger partial charge >= 0.3 is 5.97 Å². The zero-order valence-corrected chi connectivity index (χ0v) is 22.9. The third kappa shape index (κ3) is 11.0. The maximum Gasteiger partial charge on any atom is 0.312 e. The van der Waals surface area contributed by atoms with Gasteiger partial charge in [-0.3, -0.25) is 4.79 Å². The van der Waals surface area contributed by atoms with Crippen molar-refractivity contribution in [1.29, 1.82) is 0 Å². The van der Waals surface area contributed by atoms with E-state index in [4.69, 9.17) is 9.53 Å². The van der Waals surface area contributed by atoms with Gasteiger partial charge in [0.1, 0.15) is 12.9 Å². The Hall–Kier alpha value is -0.860. The molecule has 0 bridgehead atoms. The molecule has 1 fully saturated rings. The van der Waals surface area contributed by atoms with Crippen molar-refractivity contribution in [2.45, 2.75) is 127 Å². The van der Waals surface area contributed by atoms with E-state index in [-0.39, 0.29) is 17.5 Å². The molecule has 31 heavy (non-hydrogen) atoms. The Kier molecular flexibility index (Phi) is 17.4. The molecule has 0 aromatic carbocycles. The van der Waals surface area contributed by atoms with Crippen LogP contribution in [0.4, 0.5) is 0 Å². The van der Waals surface area contributed by atoms with Crippen LogP contribution in [-0.4, -0.2) is 18.9 Å². The van der Waals surface area contributed by atoms with Crippen molar-refractivity contribution < 1.29 is 14.3 Å². The first-order chi connectivity index (χ1) is 14.4. The van der Waals surface area contributed by atoms with Gasteiger partial charge in [-0.2, -0.15) is 0 Å². The van der Waals surface area contributed by atoms with Crippen LogP contribution in [0, 0.1) is 40.9 Å². The summed E-state index contributed by atoms with van der Waals surface area (Å²) in [6.45, 7) is 26.4. The zero-order valence-electron chi connectivity index (χ0n) is 22.9. The molecule has 3 atom stereocenters. The van der Waals surface area contributed by atoms with Crippen LogP contribution in [0.5, 0.6) is 0 Å². The monoisotopic (exact) mass is 440 g/mol. The summed E-state index contributed by atoms with van der Waals surface area (Å²) < 4.78 is 6.32. The maximum atomic E-state index is 13.2. The number of carbonyl (C=O) groups excluding carboxylic acids is 2. The molecule has 1 saturated carbocycles. The van der Waals surface area contributed by atoms with E-state index in [1.54, 1.807) is 0 Å². The molecule has 3 heteroatoms. The molecular formula is C28H56O3. The number of hydrogen-bond acceptors (Lipinski definition) is 3. The summed E-state index contributed by atoms with van der Waals surface area (Å²) in [7, 11) is 0. The lowest BCUT2D eigenvalue weighted by molar-refractivity contribution is -0.176. The first kappa shape index (κ1) is 32.3. The second-order valence-electron chi connectivity index (χ2n) is 11.1. The second kappa shape index (κ2) is 16.7. The second-order valence-corrected chi connectivity index (χ2v) is 11.1. The fraction of sp³-hybridized carbons (Fsp3) is 0.929. The van der Waals surface area contributed by atoms with E-state index in [2.05, 4.69) is 76.2 Å². The third-order valence-electron chi connectivity index (χ3n) is 7.48. The Labute approximate surface area is 195 Å². The molecule has 0 saturated heterocycles. The van der Waals surface area contributed by atoms with Crippen LogP contribution in [0.3, 0.4) is 0 Å². The van der Waals surface area contributed by atoms with Crippen LogP contribution in [0.2, 0.25) is 0 Å². The molecule has 0 aromatic rings. The predicted molar refractivity (Wildman–Crippen MR) is 135 cm³/mol. The highest BCUT2D eigenvalue weighted by Gasteiger charge is 2.44. The average Bonchev–Trinajstić information content (AvgIpc) is 2.73. The van der Waals surface area contributed by atoms with Crippen molar-refractivity contribution in [1.82, 2.24) is 0 Å². The normalized spacial score (nSPS) is 23.0. The highest BCUT2D eigenvalue weighted by molar-refractivity contribution is 5.77. The molecule has 0 spiro atoms. The van der Waals surface area contributed by atoms with Gasteiger partial charge < -0.3 is 9.53 Å². The maximum absolute atomic E-state index is 13.2. The molecule has 3 nitrogen and oxygen atoms in total. The molecule has 1 aliphatic rings. The minimum Gasteiger partial charge on any atom is -0.461 e. The van der Waals surface area contributed by atoms with Crippen LogP contribution in [0.1, 0.15) is 121 Å². The Balaban J connectivity index is 0. The van der Waals surface area contributed by atoms with Crippen molar-refractivity contribution in [3.8, 4) is 0 Å². The van der Waals surface area contributed by atoms with Crippen molar-refractivity contribution >= 4 is 12.8 Å². The molecule has 0 radical (unpaired) electrons. The molecule has 1 aliphatic carbocycles. The number of unbranched alkanes of at least 4 members (excludes halogenated alkanes) is 1. The third-order valence-corrected chi connectivity index (χ3v) is 7.48. The number of hydrogen-bond donors (Lipinski definition) is 0. The zero-order chi connectivity index (χ0) is 24.8. The van der Waals surface area contributed by atoms with Gasteiger partial charge in [-0.15, -0.1) is 0 Å². The molecule has 3 unspecified atom stereocenters. The predicted octanol–water partition coefficient (Wildman–Crippen LogP) is 8.35. The number of rotatable bonds is 9.